The summed E-state index contributed by atoms with van der Waals surface area (Å²) in [6.45, 7) is 0.563. The van der Waals surface area contributed by atoms with E-state index in [9.17, 15) is 0 Å². The molecule has 0 saturated carbocycles. The zero-order valence-corrected chi connectivity index (χ0v) is 9.77. The van der Waals surface area contributed by atoms with Gasteiger partial charge in [-0.3, -0.25) is 0 Å². The van der Waals surface area contributed by atoms with Gasteiger partial charge in [-0.25, -0.2) is 4.98 Å². The van der Waals surface area contributed by atoms with Crippen molar-refractivity contribution in [3.8, 4) is 11.3 Å². The van der Waals surface area contributed by atoms with Gasteiger partial charge < -0.3 is 10.2 Å². The van der Waals surface area contributed by atoms with E-state index < -0.39 is 0 Å². The Hall–Kier alpha value is -0.650. The van der Waals surface area contributed by atoms with Gasteiger partial charge >= 0.3 is 0 Å². The second-order valence-corrected chi connectivity index (χ2v) is 5.09. The van der Waals surface area contributed by atoms with Gasteiger partial charge in [0.15, 0.2) is 11.7 Å². The van der Waals surface area contributed by atoms with Crippen molar-refractivity contribution in [2.75, 3.05) is 6.54 Å². The standard InChI is InChI=1S/C9H9BrN2OS/c10-8-3-6(5-14-8)7-4-12-9(13-7)1-2-11/h3-5H,1-2,11H2. The Bertz CT molecular complexity index is 424. The lowest BCUT2D eigenvalue weighted by molar-refractivity contribution is 0.508. The molecule has 74 valence electrons. The first-order valence-corrected chi connectivity index (χ1v) is 5.86. The van der Waals surface area contributed by atoms with E-state index in [-0.39, 0.29) is 0 Å². The third-order valence-electron chi connectivity index (χ3n) is 1.76. The van der Waals surface area contributed by atoms with Crippen LogP contribution in [0.2, 0.25) is 0 Å². The number of thiophene rings is 1. The maximum absolute atomic E-state index is 5.52. The molecule has 0 aliphatic carbocycles. The molecular formula is C9H9BrN2OS. The van der Waals surface area contributed by atoms with Gasteiger partial charge in [0, 0.05) is 23.9 Å². The zero-order valence-electron chi connectivity index (χ0n) is 7.37. The molecule has 0 radical (unpaired) electrons. The normalized spacial score (nSPS) is 10.7. The molecular weight excluding hydrogens is 264 g/mol. The minimum Gasteiger partial charge on any atom is -0.441 e. The van der Waals surface area contributed by atoms with Crippen LogP contribution in [0.25, 0.3) is 11.3 Å². The Kier molecular flexibility index (Phi) is 3.00. The van der Waals surface area contributed by atoms with E-state index in [0.717, 1.165) is 15.1 Å². The predicted molar refractivity (Wildman–Crippen MR) is 60.3 cm³/mol. The summed E-state index contributed by atoms with van der Waals surface area (Å²) in [5.74, 6) is 1.50. The van der Waals surface area contributed by atoms with E-state index in [1.165, 1.54) is 0 Å². The molecule has 0 aliphatic rings. The number of hydrogen-bond acceptors (Lipinski definition) is 4. The molecule has 0 aromatic carbocycles. The van der Waals surface area contributed by atoms with Crippen LogP contribution in [-0.4, -0.2) is 11.5 Å². The highest BCUT2D eigenvalue weighted by Gasteiger charge is 2.07. The second kappa shape index (κ2) is 4.25. The molecule has 3 nitrogen and oxygen atoms in total. The molecule has 2 aromatic rings. The molecule has 2 rings (SSSR count). The molecule has 0 unspecified atom stereocenters. The van der Waals surface area contributed by atoms with Crippen molar-refractivity contribution in [1.29, 1.82) is 0 Å². The first-order chi connectivity index (χ1) is 6.79. The van der Waals surface area contributed by atoms with Gasteiger partial charge in [0.1, 0.15) is 0 Å². The number of aromatic nitrogens is 1. The van der Waals surface area contributed by atoms with Crippen LogP contribution in [0, 0.1) is 0 Å². The summed E-state index contributed by atoms with van der Waals surface area (Å²) < 4.78 is 6.61. The number of oxazole rings is 1. The van der Waals surface area contributed by atoms with Crippen molar-refractivity contribution in [3.05, 3.63) is 27.3 Å². The van der Waals surface area contributed by atoms with Crippen molar-refractivity contribution in [3.63, 3.8) is 0 Å². The zero-order chi connectivity index (χ0) is 9.97. The van der Waals surface area contributed by atoms with Gasteiger partial charge in [-0.2, -0.15) is 0 Å². The van der Waals surface area contributed by atoms with E-state index >= 15 is 0 Å². The fourth-order valence-electron chi connectivity index (χ4n) is 1.12. The van der Waals surface area contributed by atoms with E-state index in [0.29, 0.717) is 18.9 Å². The van der Waals surface area contributed by atoms with Crippen LogP contribution >= 0.6 is 27.3 Å². The Labute approximate surface area is 94.1 Å². The van der Waals surface area contributed by atoms with Gasteiger partial charge in [-0.05, 0) is 22.0 Å². The predicted octanol–water partition coefficient (Wildman–Crippen LogP) is 2.67. The summed E-state index contributed by atoms with van der Waals surface area (Å²) in [6.07, 6.45) is 2.42. The lowest BCUT2D eigenvalue weighted by Gasteiger charge is -1.89. The molecule has 2 N–H and O–H groups in total. The summed E-state index contributed by atoms with van der Waals surface area (Å²) in [5.41, 5.74) is 6.46. The number of rotatable bonds is 3. The van der Waals surface area contributed by atoms with Crippen molar-refractivity contribution >= 4 is 27.3 Å². The minimum atomic E-state index is 0.563. The summed E-state index contributed by atoms with van der Waals surface area (Å²) in [5, 5.41) is 2.02. The second-order valence-electron chi connectivity index (χ2n) is 2.80. The molecule has 14 heavy (non-hydrogen) atoms. The Balaban J connectivity index is 2.24. The van der Waals surface area contributed by atoms with Crippen LogP contribution in [0.5, 0.6) is 0 Å². The number of nitrogens with two attached hydrogens (primary N) is 1. The van der Waals surface area contributed by atoms with E-state index in [4.69, 9.17) is 10.2 Å². The van der Waals surface area contributed by atoms with E-state index in [2.05, 4.69) is 20.9 Å². The molecule has 0 saturated heterocycles. The molecule has 0 fully saturated rings. The van der Waals surface area contributed by atoms with Crippen molar-refractivity contribution < 1.29 is 4.42 Å². The molecule has 2 aromatic heterocycles. The van der Waals surface area contributed by atoms with Crippen LogP contribution < -0.4 is 5.73 Å². The highest BCUT2D eigenvalue weighted by molar-refractivity contribution is 9.11. The molecule has 0 bridgehead atoms. The quantitative estimate of drug-likeness (QED) is 0.935. The van der Waals surface area contributed by atoms with Crippen molar-refractivity contribution in [1.82, 2.24) is 4.98 Å². The Morgan fingerprint density at radius 1 is 1.57 bits per heavy atom. The topological polar surface area (TPSA) is 52.0 Å². The summed E-state index contributed by atoms with van der Waals surface area (Å²) in [7, 11) is 0. The van der Waals surface area contributed by atoms with Crippen LogP contribution in [0.4, 0.5) is 0 Å². The highest BCUT2D eigenvalue weighted by Crippen LogP contribution is 2.29. The molecule has 0 spiro atoms. The van der Waals surface area contributed by atoms with E-state index in [1.54, 1.807) is 17.5 Å². The Morgan fingerprint density at radius 2 is 2.43 bits per heavy atom. The smallest absolute Gasteiger partial charge is 0.196 e. The van der Waals surface area contributed by atoms with E-state index in [1.807, 2.05) is 11.4 Å². The average Bonchev–Trinajstić information content (AvgIpc) is 2.74. The summed E-state index contributed by atoms with van der Waals surface area (Å²) in [4.78, 5) is 4.13. The fraction of sp³-hybridized carbons (Fsp3) is 0.222. The maximum atomic E-state index is 5.52. The first kappa shape index (κ1) is 9.89. The molecule has 0 amide bonds. The lowest BCUT2D eigenvalue weighted by atomic mass is 10.3. The van der Waals surface area contributed by atoms with Crippen molar-refractivity contribution in [2.45, 2.75) is 6.42 Å². The van der Waals surface area contributed by atoms with Crippen LogP contribution in [0.3, 0.4) is 0 Å². The Morgan fingerprint density at radius 3 is 3.07 bits per heavy atom. The summed E-state index contributed by atoms with van der Waals surface area (Å²) >= 11 is 5.03. The first-order valence-electron chi connectivity index (χ1n) is 4.19. The van der Waals surface area contributed by atoms with Gasteiger partial charge in [-0.15, -0.1) is 11.3 Å². The fourth-order valence-corrected chi connectivity index (χ4v) is 2.27. The number of halogens is 1. The SMILES string of the molecule is NCCc1ncc(-c2csc(Br)c2)o1. The molecule has 0 atom stereocenters. The largest absolute Gasteiger partial charge is 0.441 e. The van der Waals surface area contributed by atoms with Gasteiger partial charge in [0.25, 0.3) is 0 Å². The monoisotopic (exact) mass is 272 g/mol. The van der Waals surface area contributed by atoms with Crippen LogP contribution in [-0.2, 0) is 6.42 Å². The van der Waals surface area contributed by atoms with Crippen LogP contribution in [0.15, 0.2) is 25.8 Å². The molecule has 0 aliphatic heterocycles. The molecule has 2 heterocycles. The third-order valence-corrected chi connectivity index (χ3v) is 3.27. The minimum absolute atomic E-state index is 0.563. The summed E-state index contributed by atoms with van der Waals surface area (Å²) in [6, 6.07) is 2.01. The van der Waals surface area contributed by atoms with Gasteiger partial charge in [-0.1, -0.05) is 0 Å². The highest BCUT2D eigenvalue weighted by atomic mass is 79.9. The van der Waals surface area contributed by atoms with Crippen molar-refractivity contribution in [2.24, 2.45) is 5.73 Å². The molecule has 5 heteroatoms. The van der Waals surface area contributed by atoms with Gasteiger partial charge in [0.05, 0.1) is 9.98 Å². The lowest BCUT2D eigenvalue weighted by Crippen LogP contribution is -2.02. The number of nitrogens with zero attached hydrogens (tertiary/aromatic N) is 1. The van der Waals surface area contributed by atoms with Gasteiger partial charge in [0.2, 0.25) is 0 Å². The number of hydrogen-bond donors (Lipinski definition) is 1. The maximum Gasteiger partial charge on any atom is 0.196 e. The van der Waals surface area contributed by atoms with Crippen LogP contribution in [0.1, 0.15) is 5.89 Å². The third kappa shape index (κ3) is 2.05. The average molecular weight is 273 g/mol.